The summed E-state index contributed by atoms with van der Waals surface area (Å²) < 4.78 is 0. The van der Waals surface area contributed by atoms with E-state index in [0.717, 1.165) is 12.8 Å². The summed E-state index contributed by atoms with van der Waals surface area (Å²) in [7, 11) is 0. The molecule has 0 fully saturated rings. The number of aryl methyl sites for hydroxylation is 2. The normalized spacial score (nSPS) is 19.7. The van der Waals surface area contributed by atoms with Gasteiger partial charge in [-0.3, -0.25) is 0 Å². The van der Waals surface area contributed by atoms with E-state index in [4.69, 9.17) is 0 Å². The van der Waals surface area contributed by atoms with E-state index in [-0.39, 0.29) is 0 Å². The smallest absolute Gasteiger partial charge is 0.00736 e. The van der Waals surface area contributed by atoms with Crippen molar-refractivity contribution in [2.45, 2.75) is 32.6 Å². The molecule has 0 spiro atoms. The number of fused-ring (bicyclic) bond motifs is 5. The Bertz CT molecular complexity index is 1000. The standard InChI is InChI=1S/C24H20/c1-15-7-6-10-19-16(2)21-14-22-18(13-23(21)24(15)19)12-11-17-8-4-3-5-9-20(17)22/h3,5-10,13-14,16H,11-12H2,1-2H3. The number of hydrogen-bond acceptors (Lipinski definition) is 0. The van der Waals surface area contributed by atoms with Gasteiger partial charge < -0.3 is 0 Å². The summed E-state index contributed by atoms with van der Waals surface area (Å²) in [5, 5.41) is 0. The Morgan fingerprint density at radius 2 is 1.96 bits per heavy atom. The van der Waals surface area contributed by atoms with E-state index in [0.29, 0.717) is 5.92 Å². The van der Waals surface area contributed by atoms with Crippen LogP contribution in [0.2, 0.25) is 0 Å². The highest BCUT2D eigenvalue weighted by molar-refractivity contribution is 5.88. The molecule has 0 heteroatoms. The zero-order valence-corrected chi connectivity index (χ0v) is 14.2. The molecule has 3 aliphatic rings. The van der Waals surface area contributed by atoms with E-state index < -0.39 is 0 Å². The Morgan fingerprint density at radius 3 is 2.88 bits per heavy atom. The molecule has 0 amide bonds. The minimum atomic E-state index is 0.481. The predicted molar refractivity (Wildman–Crippen MR) is 101 cm³/mol. The first kappa shape index (κ1) is 13.8. The molecular weight excluding hydrogens is 288 g/mol. The molecule has 0 heterocycles. The van der Waals surface area contributed by atoms with Crippen LogP contribution in [-0.2, 0) is 6.42 Å². The average molecular weight is 308 g/mol. The second kappa shape index (κ2) is 4.97. The van der Waals surface area contributed by atoms with Crippen LogP contribution in [0.3, 0.4) is 0 Å². The third kappa shape index (κ3) is 1.81. The summed E-state index contributed by atoms with van der Waals surface area (Å²) in [5.41, 5.74) is 16.3. The summed E-state index contributed by atoms with van der Waals surface area (Å²) in [5.74, 6) is 0.481. The van der Waals surface area contributed by atoms with Gasteiger partial charge in [-0.25, -0.2) is 0 Å². The molecule has 0 bridgehead atoms. The largest absolute Gasteiger partial charge is 0.121 e. The monoisotopic (exact) mass is 308 g/mol. The van der Waals surface area contributed by atoms with Crippen LogP contribution < -0.4 is 0 Å². The summed E-state index contributed by atoms with van der Waals surface area (Å²) in [6.45, 7) is 4.59. The van der Waals surface area contributed by atoms with Crippen molar-refractivity contribution in [2.75, 3.05) is 0 Å². The number of benzene rings is 2. The van der Waals surface area contributed by atoms with Crippen molar-refractivity contribution in [1.29, 1.82) is 0 Å². The fourth-order valence-corrected chi connectivity index (χ4v) is 4.55. The van der Waals surface area contributed by atoms with Crippen molar-refractivity contribution < 1.29 is 0 Å². The van der Waals surface area contributed by atoms with Gasteiger partial charge in [0.25, 0.3) is 0 Å². The Hall–Kier alpha value is -2.56. The molecule has 5 rings (SSSR count). The molecule has 2 aromatic carbocycles. The van der Waals surface area contributed by atoms with Gasteiger partial charge in [0.1, 0.15) is 0 Å². The number of allylic oxidation sites excluding steroid dienone is 5. The van der Waals surface area contributed by atoms with E-state index in [1.54, 1.807) is 0 Å². The number of rotatable bonds is 0. The zero-order chi connectivity index (χ0) is 16.3. The Labute approximate surface area is 143 Å². The van der Waals surface area contributed by atoms with Gasteiger partial charge in [-0.05, 0) is 88.1 Å². The summed E-state index contributed by atoms with van der Waals surface area (Å²) in [6, 6.07) is 11.7. The van der Waals surface area contributed by atoms with E-state index in [2.05, 4.69) is 68.1 Å². The van der Waals surface area contributed by atoms with Gasteiger partial charge in [0, 0.05) is 5.92 Å². The first-order valence-electron chi connectivity index (χ1n) is 8.83. The maximum Gasteiger partial charge on any atom is 0.00736 e. The van der Waals surface area contributed by atoms with Crippen LogP contribution in [0.25, 0.3) is 16.7 Å². The lowest BCUT2D eigenvalue weighted by Gasteiger charge is -2.22. The molecule has 0 aromatic heterocycles. The lowest BCUT2D eigenvalue weighted by atomic mass is 9.82. The molecule has 1 unspecified atom stereocenters. The fraction of sp³-hybridized carbons (Fsp3) is 0.208. The van der Waals surface area contributed by atoms with Crippen molar-refractivity contribution in [1.82, 2.24) is 0 Å². The van der Waals surface area contributed by atoms with E-state index >= 15 is 0 Å². The van der Waals surface area contributed by atoms with Crippen molar-refractivity contribution in [3.63, 3.8) is 0 Å². The summed E-state index contributed by atoms with van der Waals surface area (Å²) in [4.78, 5) is 0. The van der Waals surface area contributed by atoms with E-state index in [9.17, 15) is 0 Å². The maximum atomic E-state index is 3.27. The molecule has 116 valence electrons. The van der Waals surface area contributed by atoms with Gasteiger partial charge in [0.15, 0.2) is 0 Å². The molecule has 3 aliphatic carbocycles. The highest BCUT2D eigenvalue weighted by Gasteiger charge is 2.29. The Morgan fingerprint density at radius 1 is 1.04 bits per heavy atom. The van der Waals surface area contributed by atoms with Gasteiger partial charge in [0.05, 0.1) is 0 Å². The third-order valence-corrected chi connectivity index (χ3v) is 5.80. The first-order chi connectivity index (χ1) is 11.7. The predicted octanol–water partition coefficient (Wildman–Crippen LogP) is 6.11. The maximum absolute atomic E-state index is 3.27. The van der Waals surface area contributed by atoms with Crippen molar-refractivity contribution in [2.24, 2.45) is 0 Å². The molecule has 0 aliphatic heterocycles. The zero-order valence-electron chi connectivity index (χ0n) is 14.2. The minimum Gasteiger partial charge on any atom is -0.121 e. The first-order valence-corrected chi connectivity index (χ1v) is 8.83. The van der Waals surface area contributed by atoms with Crippen LogP contribution >= 0.6 is 0 Å². The molecule has 0 nitrogen and oxygen atoms in total. The van der Waals surface area contributed by atoms with Crippen LogP contribution in [0, 0.1) is 6.92 Å². The molecule has 0 saturated carbocycles. The quantitative estimate of drug-likeness (QED) is 0.515. The van der Waals surface area contributed by atoms with Gasteiger partial charge >= 0.3 is 0 Å². The van der Waals surface area contributed by atoms with Crippen LogP contribution in [0.1, 0.15) is 47.1 Å². The van der Waals surface area contributed by atoms with Crippen LogP contribution in [0.4, 0.5) is 0 Å². The summed E-state index contributed by atoms with van der Waals surface area (Å²) in [6.07, 6.45) is 10.8. The molecular formula is C24H20. The van der Waals surface area contributed by atoms with Crippen LogP contribution in [0.5, 0.6) is 0 Å². The van der Waals surface area contributed by atoms with Crippen molar-refractivity contribution in [3.8, 4) is 11.1 Å². The van der Waals surface area contributed by atoms with Crippen LogP contribution in [0.15, 0.2) is 65.9 Å². The average Bonchev–Trinajstić information content (AvgIpc) is 2.76. The van der Waals surface area contributed by atoms with Gasteiger partial charge in [-0.1, -0.05) is 43.3 Å². The number of hydrogen-bond donors (Lipinski definition) is 0. The minimum absolute atomic E-state index is 0.481. The highest BCUT2D eigenvalue weighted by Crippen LogP contribution is 2.49. The van der Waals surface area contributed by atoms with E-state index in [1.165, 1.54) is 50.1 Å². The van der Waals surface area contributed by atoms with Gasteiger partial charge in [0.2, 0.25) is 0 Å². The second-order valence-corrected chi connectivity index (χ2v) is 7.13. The lowest BCUT2D eigenvalue weighted by molar-refractivity contribution is 0.927. The van der Waals surface area contributed by atoms with Crippen molar-refractivity contribution >= 4 is 5.57 Å². The topological polar surface area (TPSA) is 0 Å². The van der Waals surface area contributed by atoms with E-state index in [1.807, 2.05) is 6.08 Å². The second-order valence-electron chi connectivity index (χ2n) is 7.13. The third-order valence-electron chi connectivity index (χ3n) is 5.80. The molecule has 0 saturated heterocycles. The fourth-order valence-electron chi connectivity index (χ4n) is 4.55. The molecule has 1 atom stereocenters. The molecule has 0 radical (unpaired) electrons. The highest BCUT2D eigenvalue weighted by atomic mass is 14.3. The van der Waals surface area contributed by atoms with Crippen molar-refractivity contribution in [3.05, 3.63) is 93.8 Å². The van der Waals surface area contributed by atoms with Gasteiger partial charge in [-0.15, -0.1) is 5.73 Å². The Kier molecular flexibility index (Phi) is 2.86. The van der Waals surface area contributed by atoms with Crippen LogP contribution in [-0.4, -0.2) is 0 Å². The Balaban J connectivity index is 1.77. The van der Waals surface area contributed by atoms with Gasteiger partial charge in [-0.2, -0.15) is 0 Å². The summed E-state index contributed by atoms with van der Waals surface area (Å²) >= 11 is 0. The molecule has 0 N–H and O–H groups in total. The lowest BCUT2D eigenvalue weighted by Crippen LogP contribution is -2.04. The molecule has 2 aromatic rings. The molecule has 24 heavy (non-hydrogen) atoms. The SMILES string of the molecule is Cc1cccc2c1-c1cc3c(cc1C2C)C1=C(C=C=CC=C1)CC3.